The van der Waals surface area contributed by atoms with Gasteiger partial charge >= 0.3 is 0 Å². The van der Waals surface area contributed by atoms with Gasteiger partial charge in [-0.3, -0.25) is 30.6 Å². The van der Waals surface area contributed by atoms with Crippen molar-refractivity contribution in [2.75, 3.05) is 11.9 Å². The molecule has 0 aliphatic heterocycles. The highest BCUT2D eigenvalue weighted by Crippen LogP contribution is 2.23. The number of hydrogen-bond acceptors (Lipinski definition) is 5. The van der Waals surface area contributed by atoms with Gasteiger partial charge in [-0.2, -0.15) is 0 Å². The van der Waals surface area contributed by atoms with Gasteiger partial charge in [-0.25, -0.2) is 0 Å². The summed E-state index contributed by atoms with van der Waals surface area (Å²) in [6.45, 7) is 4.19. The molecule has 0 unspecified atom stereocenters. The number of halogens is 1. The molecule has 8 nitrogen and oxygen atoms in total. The molecule has 0 fully saturated rings. The second-order valence-corrected chi connectivity index (χ2v) is 7.65. The summed E-state index contributed by atoms with van der Waals surface area (Å²) in [5, 5.41) is 5.12. The highest BCUT2D eigenvalue weighted by atomic mass is 79.9. The second kappa shape index (κ2) is 12.0. The Hall–Kier alpha value is -2.98. The van der Waals surface area contributed by atoms with E-state index in [1.807, 2.05) is 6.92 Å². The van der Waals surface area contributed by atoms with Crippen molar-refractivity contribution in [2.45, 2.75) is 26.7 Å². The van der Waals surface area contributed by atoms with Crippen molar-refractivity contribution in [3.05, 3.63) is 58.1 Å². The van der Waals surface area contributed by atoms with Crippen LogP contribution < -0.4 is 26.2 Å². The molecule has 0 aliphatic rings. The van der Waals surface area contributed by atoms with Crippen LogP contribution in [0.5, 0.6) is 5.75 Å². The Morgan fingerprint density at radius 1 is 1.00 bits per heavy atom. The van der Waals surface area contributed by atoms with Crippen molar-refractivity contribution in [3.8, 4) is 5.75 Å². The van der Waals surface area contributed by atoms with Gasteiger partial charge in [-0.1, -0.05) is 29.8 Å². The predicted molar refractivity (Wildman–Crippen MR) is 126 cm³/mol. The third-order valence-electron chi connectivity index (χ3n) is 3.92. The molecule has 164 valence electrons. The van der Waals surface area contributed by atoms with Gasteiger partial charge in [0.05, 0.1) is 12.2 Å². The van der Waals surface area contributed by atoms with E-state index < -0.39 is 11.8 Å². The van der Waals surface area contributed by atoms with E-state index >= 15 is 0 Å². The number of ether oxygens (including phenoxy) is 1. The van der Waals surface area contributed by atoms with Gasteiger partial charge in [-0.15, -0.1) is 0 Å². The number of anilines is 1. The molecule has 3 amide bonds. The van der Waals surface area contributed by atoms with Crippen molar-refractivity contribution in [1.29, 1.82) is 0 Å². The molecular formula is C21H23BrN4O4S. The Labute approximate surface area is 194 Å². The first kappa shape index (κ1) is 24.3. The van der Waals surface area contributed by atoms with Crippen molar-refractivity contribution < 1.29 is 19.1 Å². The lowest BCUT2D eigenvalue weighted by atomic mass is 10.2. The van der Waals surface area contributed by atoms with Gasteiger partial charge in [0, 0.05) is 22.1 Å². The number of benzene rings is 2. The fraction of sp³-hybridized carbons (Fsp3) is 0.238. The Morgan fingerprint density at radius 3 is 2.35 bits per heavy atom. The molecule has 4 N–H and O–H groups in total. The van der Waals surface area contributed by atoms with Gasteiger partial charge in [0.25, 0.3) is 11.8 Å². The van der Waals surface area contributed by atoms with Gasteiger partial charge in [0.1, 0.15) is 5.75 Å². The summed E-state index contributed by atoms with van der Waals surface area (Å²) in [6.07, 6.45) is 1.16. The van der Waals surface area contributed by atoms with E-state index in [0.29, 0.717) is 40.1 Å². The molecule has 2 rings (SSSR count). The van der Waals surface area contributed by atoms with Crippen LogP contribution in [0, 0.1) is 0 Å². The second-order valence-electron chi connectivity index (χ2n) is 6.33. The first-order valence-corrected chi connectivity index (χ1v) is 10.8. The molecule has 2 aromatic rings. The van der Waals surface area contributed by atoms with Crippen molar-refractivity contribution in [2.24, 2.45) is 0 Å². The fourth-order valence-corrected chi connectivity index (χ4v) is 2.86. The first-order chi connectivity index (χ1) is 14.8. The lowest BCUT2D eigenvalue weighted by Gasteiger charge is -2.14. The molecule has 0 atom stereocenters. The van der Waals surface area contributed by atoms with Gasteiger partial charge < -0.3 is 10.1 Å². The van der Waals surface area contributed by atoms with Crippen LogP contribution in [0.2, 0.25) is 0 Å². The summed E-state index contributed by atoms with van der Waals surface area (Å²) in [7, 11) is 0. The van der Waals surface area contributed by atoms with Crippen LogP contribution in [0.4, 0.5) is 5.69 Å². The molecule has 0 saturated heterocycles. The van der Waals surface area contributed by atoms with E-state index in [0.717, 1.165) is 6.42 Å². The zero-order valence-corrected chi connectivity index (χ0v) is 19.5. The zero-order chi connectivity index (χ0) is 22.8. The molecule has 31 heavy (non-hydrogen) atoms. The number of rotatable bonds is 7. The molecule has 0 saturated carbocycles. The van der Waals surface area contributed by atoms with Crippen LogP contribution >= 0.6 is 28.1 Å². The first-order valence-electron chi connectivity index (χ1n) is 9.58. The van der Waals surface area contributed by atoms with Crippen molar-refractivity contribution >= 4 is 56.7 Å². The average molecular weight is 507 g/mol. The van der Waals surface area contributed by atoms with E-state index in [2.05, 4.69) is 37.4 Å². The van der Waals surface area contributed by atoms with Crippen LogP contribution in [0.15, 0.2) is 46.9 Å². The number of hydrazine groups is 1. The smallest absolute Gasteiger partial charge is 0.269 e. The Kier molecular flexibility index (Phi) is 9.41. The maximum absolute atomic E-state index is 12.6. The third kappa shape index (κ3) is 7.65. The summed E-state index contributed by atoms with van der Waals surface area (Å²) >= 11 is 8.42. The molecule has 0 bridgehead atoms. The zero-order valence-electron chi connectivity index (χ0n) is 17.1. The van der Waals surface area contributed by atoms with E-state index in [1.54, 1.807) is 49.4 Å². The van der Waals surface area contributed by atoms with E-state index in [-0.39, 0.29) is 11.0 Å². The van der Waals surface area contributed by atoms with Crippen LogP contribution in [0.1, 0.15) is 47.4 Å². The quantitative estimate of drug-likeness (QED) is 0.337. The van der Waals surface area contributed by atoms with Crippen molar-refractivity contribution in [3.63, 3.8) is 0 Å². The maximum atomic E-state index is 12.6. The number of hydrogen-bond donors (Lipinski definition) is 4. The Morgan fingerprint density at radius 2 is 1.71 bits per heavy atom. The highest BCUT2D eigenvalue weighted by Gasteiger charge is 2.15. The average Bonchev–Trinajstić information content (AvgIpc) is 2.76. The summed E-state index contributed by atoms with van der Waals surface area (Å²) in [4.78, 5) is 36.2. The molecule has 0 heterocycles. The third-order valence-corrected chi connectivity index (χ3v) is 4.61. The monoisotopic (exact) mass is 506 g/mol. The lowest BCUT2D eigenvalue weighted by Crippen LogP contribution is -2.48. The molecule has 0 spiro atoms. The number of carbonyl (C=O) groups is 3. The largest absolute Gasteiger partial charge is 0.493 e. The number of thiocarbonyl (C=S) groups is 1. The summed E-state index contributed by atoms with van der Waals surface area (Å²) < 4.78 is 6.31. The number of nitrogens with one attached hydrogen (secondary N) is 4. The Bertz CT molecular complexity index is 966. The topological polar surface area (TPSA) is 109 Å². The fourth-order valence-electron chi connectivity index (χ4n) is 2.36. The van der Waals surface area contributed by atoms with Crippen LogP contribution in [-0.4, -0.2) is 29.4 Å². The van der Waals surface area contributed by atoms with E-state index in [9.17, 15) is 14.4 Å². The predicted octanol–water partition coefficient (Wildman–Crippen LogP) is 3.54. The van der Waals surface area contributed by atoms with E-state index in [1.165, 1.54) is 0 Å². The molecule has 0 aliphatic carbocycles. The molecule has 0 aromatic heterocycles. The van der Waals surface area contributed by atoms with Gasteiger partial charge in [0.15, 0.2) is 5.11 Å². The minimum Gasteiger partial charge on any atom is -0.493 e. The van der Waals surface area contributed by atoms with E-state index in [4.69, 9.17) is 17.0 Å². The SMILES string of the molecule is CCCOc1ccc(Br)cc1C(=O)NC(=S)NNC(=O)c1ccc(NC(=O)CC)cc1. The maximum Gasteiger partial charge on any atom is 0.269 e. The van der Waals surface area contributed by atoms with Crippen LogP contribution in [-0.2, 0) is 4.79 Å². The minimum absolute atomic E-state index is 0.0772. The minimum atomic E-state index is -0.477. The molecule has 2 aromatic carbocycles. The standard InChI is InChI=1S/C21H23BrN4O4S/c1-3-11-30-17-10-7-14(22)12-16(17)20(29)24-21(31)26-25-19(28)13-5-8-15(9-6-13)23-18(27)4-2/h5-10,12H,3-4,11H2,1-2H3,(H,23,27)(H,25,28)(H2,24,26,29,31). The highest BCUT2D eigenvalue weighted by molar-refractivity contribution is 9.10. The van der Waals surface area contributed by atoms with Crippen LogP contribution in [0.25, 0.3) is 0 Å². The normalized spacial score (nSPS) is 10.0. The summed E-state index contributed by atoms with van der Waals surface area (Å²) in [5.41, 5.74) is 6.15. The number of carbonyl (C=O) groups excluding carboxylic acids is 3. The van der Waals surface area contributed by atoms with Gasteiger partial charge in [-0.05, 0) is 61.1 Å². The Balaban J connectivity index is 1.91. The van der Waals surface area contributed by atoms with Crippen LogP contribution in [0.3, 0.4) is 0 Å². The molecule has 0 radical (unpaired) electrons. The molecular weight excluding hydrogens is 484 g/mol. The van der Waals surface area contributed by atoms with Gasteiger partial charge in [0.2, 0.25) is 5.91 Å². The molecule has 10 heteroatoms. The van der Waals surface area contributed by atoms with Crippen molar-refractivity contribution in [1.82, 2.24) is 16.2 Å². The summed E-state index contributed by atoms with van der Waals surface area (Å²) in [6, 6.07) is 11.4. The summed E-state index contributed by atoms with van der Waals surface area (Å²) in [5.74, 6) is -0.618. The number of amides is 3. The lowest BCUT2D eigenvalue weighted by molar-refractivity contribution is -0.115.